The van der Waals surface area contributed by atoms with Gasteiger partial charge in [0.25, 0.3) is 0 Å². The largest absolute Gasteiger partial charge is 0.481 e. The molecule has 0 spiro atoms. The first-order valence-electron chi connectivity index (χ1n) is 6.75. The van der Waals surface area contributed by atoms with Crippen molar-refractivity contribution in [3.05, 3.63) is 0 Å². The molecule has 0 aliphatic heterocycles. The van der Waals surface area contributed by atoms with E-state index in [0.29, 0.717) is 6.42 Å². The zero-order valence-corrected chi connectivity index (χ0v) is 11.2. The van der Waals surface area contributed by atoms with Gasteiger partial charge in [-0.2, -0.15) is 0 Å². The van der Waals surface area contributed by atoms with Crippen LogP contribution in [0.25, 0.3) is 0 Å². The third-order valence-corrected chi connectivity index (χ3v) is 3.44. The second kappa shape index (κ2) is 9.68. The maximum atomic E-state index is 10.3. The Bertz CT molecular complexity index is 176. The van der Waals surface area contributed by atoms with Gasteiger partial charge in [0.1, 0.15) is 0 Å². The second-order valence-corrected chi connectivity index (χ2v) is 5.28. The summed E-state index contributed by atoms with van der Waals surface area (Å²) in [6, 6.07) is 0. The average Bonchev–Trinajstić information content (AvgIpc) is 2.21. The van der Waals surface area contributed by atoms with E-state index in [1.165, 1.54) is 32.1 Å². The van der Waals surface area contributed by atoms with Crippen LogP contribution in [0.1, 0.15) is 72.1 Å². The van der Waals surface area contributed by atoms with Crippen molar-refractivity contribution in [2.45, 2.75) is 72.1 Å². The SMILES string of the molecule is CC(C)C(C)CCCCCCCCC(=O)O. The predicted molar refractivity (Wildman–Crippen MR) is 68.6 cm³/mol. The van der Waals surface area contributed by atoms with Gasteiger partial charge in [0, 0.05) is 6.42 Å². The minimum atomic E-state index is -0.661. The van der Waals surface area contributed by atoms with E-state index in [0.717, 1.165) is 24.7 Å². The highest BCUT2D eigenvalue weighted by Gasteiger charge is 2.05. The third-order valence-electron chi connectivity index (χ3n) is 3.44. The van der Waals surface area contributed by atoms with Crippen LogP contribution in [0, 0.1) is 11.8 Å². The number of rotatable bonds is 10. The molecule has 0 saturated heterocycles. The molecule has 0 aliphatic carbocycles. The van der Waals surface area contributed by atoms with Crippen molar-refractivity contribution in [2.75, 3.05) is 0 Å². The van der Waals surface area contributed by atoms with Gasteiger partial charge in [-0.3, -0.25) is 4.79 Å². The van der Waals surface area contributed by atoms with Crippen LogP contribution in [0.4, 0.5) is 0 Å². The lowest BCUT2D eigenvalue weighted by Crippen LogP contribution is -2.03. The molecule has 16 heavy (non-hydrogen) atoms. The number of carboxylic acids is 1. The summed E-state index contributed by atoms with van der Waals surface area (Å²) < 4.78 is 0. The quantitative estimate of drug-likeness (QED) is 0.560. The van der Waals surface area contributed by atoms with E-state index in [2.05, 4.69) is 20.8 Å². The van der Waals surface area contributed by atoms with Crippen LogP contribution >= 0.6 is 0 Å². The Morgan fingerprint density at radius 3 is 1.94 bits per heavy atom. The Morgan fingerprint density at radius 2 is 1.44 bits per heavy atom. The van der Waals surface area contributed by atoms with Crippen molar-refractivity contribution < 1.29 is 9.90 Å². The summed E-state index contributed by atoms with van der Waals surface area (Å²) in [6.07, 6.45) is 8.71. The molecular formula is C14H28O2. The molecule has 96 valence electrons. The molecule has 0 heterocycles. The van der Waals surface area contributed by atoms with Crippen molar-refractivity contribution in [1.29, 1.82) is 0 Å². The fourth-order valence-corrected chi connectivity index (χ4v) is 1.78. The molecule has 0 fully saturated rings. The Hall–Kier alpha value is -0.530. The van der Waals surface area contributed by atoms with E-state index in [9.17, 15) is 4.79 Å². The molecule has 1 unspecified atom stereocenters. The monoisotopic (exact) mass is 228 g/mol. The molecule has 2 nitrogen and oxygen atoms in total. The Balaban J connectivity index is 3.13. The summed E-state index contributed by atoms with van der Waals surface area (Å²) in [6.45, 7) is 6.91. The highest BCUT2D eigenvalue weighted by Crippen LogP contribution is 2.18. The number of hydrogen-bond acceptors (Lipinski definition) is 1. The van der Waals surface area contributed by atoms with Crippen molar-refractivity contribution in [3.63, 3.8) is 0 Å². The van der Waals surface area contributed by atoms with Crippen molar-refractivity contribution >= 4 is 5.97 Å². The highest BCUT2D eigenvalue weighted by atomic mass is 16.4. The van der Waals surface area contributed by atoms with Crippen molar-refractivity contribution in [2.24, 2.45) is 11.8 Å². The Labute approximate surface area is 100 Å². The number of hydrogen-bond donors (Lipinski definition) is 1. The summed E-state index contributed by atoms with van der Waals surface area (Å²) in [4.78, 5) is 10.3. The summed E-state index contributed by atoms with van der Waals surface area (Å²) >= 11 is 0. The molecular weight excluding hydrogens is 200 g/mol. The summed E-state index contributed by atoms with van der Waals surface area (Å²) in [5.74, 6) is 0.980. The van der Waals surface area contributed by atoms with Crippen molar-refractivity contribution in [1.82, 2.24) is 0 Å². The van der Waals surface area contributed by atoms with Gasteiger partial charge < -0.3 is 5.11 Å². The molecule has 0 amide bonds. The first kappa shape index (κ1) is 15.5. The molecule has 0 aliphatic rings. The van der Waals surface area contributed by atoms with Crippen LogP contribution < -0.4 is 0 Å². The minimum Gasteiger partial charge on any atom is -0.481 e. The fraction of sp³-hybridized carbons (Fsp3) is 0.929. The lowest BCUT2D eigenvalue weighted by atomic mass is 9.92. The maximum absolute atomic E-state index is 10.3. The molecule has 2 heteroatoms. The fourth-order valence-electron chi connectivity index (χ4n) is 1.78. The van der Waals surface area contributed by atoms with Gasteiger partial charge in [0.2, 0.25) is 0 Å². The predicted octanol–water partition coefficient (Wildman–Crippen LogP) is 4.48. The zero-order valence-electron chi connectivity index (χ0n) is 11.2. The van der Waals surface area contributed by atoms with E-state index in [1.807, 2.05) is 0 Å². The standard InChI is InChI=1S/C14H28O2/c1-12(2)13(3)10-8-6-4-5-7-9-11-14(15)16/h12-13H,4-11H2,1-3H3,(H,15,16). The smallest absolute Gasteiger partial charge is 0.303 e. The molecule has 0 bridgehead atoms. The lowest BCUT2D eigenvalue weighted by molar-refractivity contribution is -0.137. The van der Waals surface area contributed by atoms with Gasteiger partial charge in [-0.1, -0.05) is 59.3 Å². The molecule has 1 N–H and O–H groups in total. The van der Waals surface area contributed by atoms with Gasteiger partial charge in [0.05, 0.1) is 0 Å². The average molecular weight is 228 g/mol. The van der Waals surface area contributed by atoms with E-state index >= 15 is 0 Å². The highest BCUT2D eigenvalue weighted by molar-refractivity contribution is 5.66. The van der Waals surface area contributed by atoms with Crippen LogP contribution in [0.15, 0.2) is 0 Å². The van der Waals surface area contributed by atoms with Gasteiger partial charge in [-0.25, -0.2) is 0 Å². The van der Waals surface area contributed by atoms with Gasteiger partial charge >= 0.3 is 5.97 Å². The molecule has 0 aromatic heterocycles. The zero-order chi connectivity index (χ0) is 12.4. The Morgan fingerprint density at radius 1 is 0.938 bits per heavy atom. The topological polar surface area (TPSA) is 37.3 Å². The molecule has 0 rings (SSSR count). The Kier molecular flexibility index (Phi) is 9.36. The first-order valence-corrected chi connectivity index (χ1v) is 6.75. The lowest BCUT2D eigenvalue weighted by Gasteiger charge is -2.14. The molecule has 1 atom stereocenters. The van der Waals surface area contributed by atoms with Gasteiger partial charge in [-0.05, 0) is 18.3 Å². The van der Waals surface area contributed by atoms with E-state index in [-0.39, 0.29) is 0 Å². The number of carbonyl (C=O) groups is 1. The van der Waals surface area contributed by atoms with E-state index < -0.39 is 5.97 Å². The summed E-state index contributed by atoms with van der Waals surface area (Å²) in [5.41, 5.74) is 0. The number of carboxylic acid groups (broad SMARTS) is 1. The maximum Gasteiger partial charge on any atom is 0.303 e. The molecule has 0 saturated carbocycles. The van der Waals surface area contributed by atoms with Crippen LogP contribution in [0.3, 0.4) is 0 Å². The van der Waals surface area contributed by atoms with Crippen LogP contribution in [0.5, 0.6) is 0 Å². The minimum absolute atomic E-state index is 0.338. The van der Waals surface area contributed by atoms with Gasteiger partial charge in [0.15, 0.2) is 0 Å². The van der Waals surface area contributed by atoms with Crippen LogP contribution in [0.2, 0.25) is 0 Å². The van der Waals surface area contributed by atoms with E-state index in [4.69, 9.17) is 5.11 Å². The number of aliphatic carboxylic acids is 1. The molecule has 0 radical (unpaired) electrons. The summed E-state index contributed by atoms with van der Waals surface area (Å²) in [5, 5.41) is 8.47. The van der Waals surface area contributed by atoms with Gasteiger partial charge in [-0.15, -0.1) is 0 Å². The normalized spacial score (nSPS) is 13.0. The van der Waals surface area contributed by atoms with E-state index in [1.54, 1.807) is 0 Å². The van der Waals surface area contributed by atoms with Crippen LogP contribution in [-0.2, 0) is 4.79 Å². The molecule has 0 aromatic carbocycles. The molecule has 0 aromatic rings. The number of unbranched alkanes of at least 4 members (excludes halogenated alkanes) is 5. The van der Waals surface area contributed by atoms with Crippen molar-refractivity contribution in [3.8, 4) is 0 Å². The first-order chi connectivity index (χ1) is 7.54. The second-order valence-electron chi connectivity index (χ2n) is 5.28. The third kappa shape index (κ3) is 10.0. The summed E-state index contributed by atoms with van der Waals surface area (Å²) in [7, 11) is 0. The van der Waals surface area contributed by atoms with Crippen LogP contribution in [-0.4, -0.2) is 11.1 Å².